The molecule has 0 bridgehead atoms. The number of hydrogen-bond acceptors (Lipinski definition) is 5. The van der Waals surface area contributed by atoms with Gasteiger partial charge in [0.1, 0.15) is 0 Å². The Hall–Kier alpha value is -2.93. The van der Waals surface area contributed by atoms with Gasteiger partial charge in [0.15, 0.2) is 6.10 Å². The SMILES string of the molecule is C[C@H](OC(=O)c1cc([N+](=O)[O-])ccc1Cl)C(=O)NC[C@H](C)c1ccccc1. The molecule has 0 saturated heterocycles. The molecule has 2 aromatic carbocycles. The fourth-order valence-electron chi connectivity index (χ4n) is 2.36. The predicted molar refractivity (Wildman–Crippen MR) is 101 cm³/mol. The summed E-state index contributed by atoms with van der Waals surface area (Å²) in [5.41, 5.74) is 0.620. The Bertz CT molecular complexity index is 841. The molecule has 0 aromatic heterocycles. The van der Waals surface area contributed by atoms with Crippen LogP contribution < -0.4 is 5.32 Å². The van der Waals surface area contributed by atoms with Crippen LogP contribution in [0.25, 0.3) is 0 Å². The fraction of sp³-hybridized carbons (Fsp3) is 0.263. The van der Waals surface area contributed by atoms with E-state index < -0.39 is 22.9 Å². The Balaban J connectivity index is 1.95. The van der Waals surface area contributed by atoms with Crippen LogP contribution in [0.5, 0.6) is 0 Å². The summed E-state index contributed by atoms with van der Waals surface area (Å²) >= 11 is 5.91. The molecule has 7 nitrogen and oxygen atoms in total. The molecule has 0 aliphatic rings. The third kappa shape index (κ3) is 5.52. The summed E-state index contributed by atoms with van der Waals surface area (Å²) in [5.74, 6) is -1.28. The minimum atomic E-state index is -1.07. The molecule has 0 heterocycles. The molecule has 1 N–H and O–H groups in total. The van der Waals surface area contributed by atoms with Crippen molar-refractivity contribution in [2.45, 2.75) is 25.9 Å². The lowest BCUT2D eigenvalue weighted by molar-refractivity contribution is -0.384. The maximum Gasteiger partial charge on any atom is 0.340 e. The van der Waals surface area contributed by atoms with Gasteiger partial charge in [-0.25, -0.2) is 4.79 Å². The molecule has 0 spiro atoms. The van der Waals surface area contributed by atoms with Crippen LogP contribution in [0.4, 0.5) is 5.69 Å². The van der Waals surface area contributed by atoms with E-state index in [0.717, 1.165) is 11.6 Å². The molecular weight excluding hydrogens is 372 g/mol. The number of benzene rings is 2. The van der Waals surface area contributed by atoms with Crippen molar-refractivity contribution in [3.05, 3.63) is 74.8 Å². The molecule has 2 atom stereocenters. The summed E-state index contributed by atoms with van der Waals surface area (Å²) in [6, 6.07) is 13.1. The Morgan fingerprint density at radius 2 is 1.85 bits per heavy atom. The van der Waals surface area contributed by atoms with E-state index in [4.69, 9.17) is 16.3 Å². The number of nitro benzene ring substituents is 1. The first-order chi connectivity index (χ1) is 12.8. The Morgan fingerprint density at radius 1 is 1.19 bits per heavy atom. The quantitative estimate of drug-likeness (QED) is 0.441. The third-order valence-electron chi connectivity index (χ3n) is 3.98. The van der Waals surface area contributed by atoms with E-state index in [1.54, 1.807) is 0 Å². The number of amides is 1. The van der Waals surface area contributed by atoms with E-state index in [2.05, 4.69) is 5.32 Å². The molecule has 2 rings (SSSR count). The number of carbonyl (C=O) groups excluding carboxylic acids is 2. The van der Waals surface area contributed by atoms with Crippen LogP contribution in [0.15, 0.2) is 48.5 Å². The molecule has 2 aromatic rings. The van der Waals surface area contributed by atoms with Gasteiger partial charge in [-0.05, 0) is 24.5 Å². The Kier molecular flexibility index (Phi) is 6.90. The molecule has 0 aliphatic carbocycles. The van der Waals surface area contributed by atoms with Gasteiger partial charge in [-0.15, -0.1) is 0 Å². The number of nitro groups is 1. The van der Waals surface area contributed by atoms with Gasteiger partial charge in [0.05, 0.1) is 15.5 Å². The van der Waals surface area contributed by atoms with E-state index in [1.165, 1.54) is 19.1 Å². The van der Waals surface area contributed by atoms with Crippen LogP contribution in [0.3, 0.4) is 0 Å². The molecule has 8 heteroatoms. The largest absolute Gasteiger partial charge is 0.449 e. The summed E-state index contributed by atoms with van der Waals surface area (Å²) < 4.78 is 5.09. The van der Waals surface area contributed by atoms with Gasteiger partial charge in [0.2, 0.25) is 0 Å². The van der Waals surface area contributed by atoms with Crippen LogP contribution in [-0.4, -0.2) is 29.4 Å². The summed E-state index contributed by atoms with van der Waals surface area (Å²) in [4.78, 5) is 34.6. The molecule has 142 valence electrons. The number of non-ortho nitro benzene ring substituents is 1. The number of rotatable bonds is 7. The summed E-state index contributed by atoms with van der Waals surface area (Å²) in [5, 5.41) is 13.6. The second-order valence-electron chi connectivity index (χ2n) is 6.03. The first kappa shape index (κ1) is 20.4. The normalized spacial score (nSPS) is 12.7. The summed E-state index contributed by atoms with van der Waals surface area (Å²) in [6.45, 7) is 3.77. The monoisotopic (exact) mass is 390 g/mol. The lowest BCUT2D eigenvalue weighted by atomic mass is 10.0. The zero-order valence-corrected chi connectivity index (χ0v) is 15.6. The number of ether oxygens (including phenoxy) is 1. The highest BCUT2D eigenvalue weighted by Gasteiger charge is 2.23. The molecule has 1 amide bonds. The molecule has 0 radical (unpaired) electrons. The van der Waals surface area contributed by atoms with Crippen molar-refractivity contribution in [2.75, 3.05) is 6.54 Å². The average Bonchev–Trinajstić information content (AvgIpc) is 2.66. The topological polar surface area (TPSA) is 98.5 Å². The van der Waals surface area contributed by atoms with Gasteiger partial charge in [0, 0.05) is 18.7 Å². The number of carbonyl (C=O) groups is 2. The zero-order valence-electron chi connectivity index (χ0n) is 14.8. The van der Waals surface area contributed by atoms with Crippen molar-refractivity contribution >= 4 is 29.2 Å². The van der Waals surface area contributed by atoms with Crippen molar-refractivity contribution in [1.29, 1.82) is 0 Å². The maximum atomic E-state index is 12.2. The fourth-order valence-corrected chi connectivity index (χ4v) is 2.55. The van der Waals surface area contributed by atoms with Gasteiger partial charge in [-0.2, -0.15) is 0 Å². The van der Waals surface area contributed by atoms with Crippen molar-refractivity contribution in [3.8, 4) is 0 Å². The molecular formula is C19H19ClN2O5. The number of nitrogens with zero attached hydrogens (tertiary/aromatic N) is 1. The van der Waals surface area contributed by atoms with Gasteiger partial charge in [0.25, 0.3) is 11.6 Å². The van der Waals surface area contributed by atoms with Crippen molar-refractivity contribution in [2.24, 2.45) is 0 Å². The van der Waals surface area contributed by atoms with Crippen LogP contribution in [0, 0.1) is 10.1 Å². The summed E-state index contributed by atoms with van der Waals surface area (Å²) in [7, 11) is 0. The average molecular weight is 391 g/mol. The molecule has 0 aliphatic heterocycles. The minimum Gasteiger partial charge on any atom is -0.449 e. The summed E-state index contributed by atoms with van der Waals surface area (Å²) in [6.07, 6.45) is -1.07. The predicted octanol–water partition coefficient (Wildman–Crippen LogP) is 3.71. The lowest BCUT2D eigenvalue weighted by Gasteiger charge is -2.17. The highest BCUT2D eigenvalue weighted by molar-refractivity contribution is 6.33. The smallest absolute Gasteiger partial charge is 0.340 e. The third-order valence-corrected chi connectivity index (χ3v) is 4.31. The van der Waals surface area contributed by atoms with E-state index in [0.29, 0.717) is 6.54 Å². The van der Waals surface area contributed by atoms with Crippen molar-refractivity contribution in [1.82, 2.24) is 5.32 Å². The standard InChI is InChI=1S/C19H19ClN2O5/c1-12(14-6-4-3-5-7-14)11-21-18(23)13(2)27-19(24)16-10-15(22(25)26)8-9-17(16)20/h3-10,12-13H,11H2,1-2H3,(H,21,23)/t12-,13-/m0/s1. The number of hydrogen-bond donors (Lipinski definition) is 1. The zero-order chi connectivity index (χ0) is 20.0. The molecule has 0 saturated carbocycles. The first-order valence-corrected chi connectivity index (χ1v) is 8.65. The Morgan fingerprint density at radius 3 is 2.48 bits per heavy atom. The van der Waals surface area contributed by atoms with E-state index >= 15 is 0 Å². The van der Waals surface area contributed by atoms with Crippen LogP contribution in [0.1, 0.15) is 35.7 Å². The van der Waals surface area contributed by atoms with Crippen LogP contribution in [-0.2, 0) is 9.53 Å². The van der Waals surface area contributed by atoms with Crippen LogP contribution in [0.2, 0.25) is 5.02 Å². The minimum absolute atomic E-state index is 0.0101. The number of nitrogens with one attached hydrogen (secondary N) is 1. The number of halogens is 1. The van der Waals surface area contributed by atoms with Crippen molar-refractivity contribution < 1.29 is 19.2 Å². The first-order valence-electron chi connectivity index (χ1n) is 8.27. The highest BCUT2D eigenvalue weighted by atomic mass is 35.5. The van der Waals surface area contributed by atoms with Gasteiger partial charge in [-0.3, -0.25) is 14.9 Å². The lowest BCUT2D eigenvalue weighted by Crippen LogP contribution is -2.37. The van der Waals surface area contributed by atoms with E-state index in [-0.39, 0.29) is 22.2 Å². The molecule has 0 fully saturated rings. The maximum absolute atomic E-state index is 12.2. The van der Waals surface area contributed by atoms with Crippen LogP contribution >= 0.6 is 11.6 Å². The van der Waals surface area contributed by atoms with Gasteiger partial charge >= 0.3 is 5.97 Å². The molecule has 27 heavy (non-hydrogen) atoms. The Labute approximate surface area is 161 Å². The van der Waals surface area contributed by atoms with Gasteiger partial charge in [-0.1, -0.05) is 48.9 Å². The second kappa shape index (κ2) is 9.14. The van der Waals surface area contributed by atoms with Crippen molar-refractivity contribution in [3.63, 3.8) is 0 Å². The van der Waals surface area contributed by atoms with Gasteiger partial charge < -0.3 is 10.1 Å². The molecule has 0 unspecified atom stereocenters. The highest BCUT2D eigenvalue weighted by Crippen LogP contribution is 2.23. The second-order valence-corrected chi connectivity index (χ2v) is 6.43. The van der Waals surface area contributed by atoms with E-state index in [1.807, 2.05) is 37.3 Å². The van der Waals surface area contributed by atoms with E-state index in [9.17, 15) is 19.7 Å². The number of esters is 1.